The van der Waals surface area contributed by atoms with Crippen LogP contribution in [0.5, 0.6) is 11.5 Å². The number of rotatable bonds is 8. The molecule has 1 amide bonds. The number of thioether (sulfide) groups is 1. The zero-order chi connectivity index (χ0) is 26.1. The second kappa shape index (κ2) is 10.7. The SMILES string of the molecule is O=C(NCc1ccc2c(c1)OCO2)c1csc(CSc2nnc(-c3ccco3)n2-c2cc(Cl)ccc2Cl)n1. The normalized spacial score (nSPS) is 12.2. The first-order chi connectivity index (χ1) is 18.5. The number of fused-ring (bicyclic) bond motifs is 1. The van der Waals surface area contributed by atoms with E-state index >= 15 is 0 Å². The van der Waals surface area contributed by atoms with Crippen LogP contribution < -0.4 is 14.8 Å². The zero-order valence-electron chi connectivity index (χ0n) is 19.4. The summed E-state index contributed by atoms with van der Waals surface area (Å²) in [5, 5.41) is 15.7. The first-order valence-electron chi connectivity index (χ1n) is 11.2. The number of aromatic nitrogens is 4. The fraction of sp³-hybridized carbons (Fsp3) is 0.120. The van der Waals surface area contributed by atoms with Gasteiger partial charge in [-0.25, -0.2) is 4.98 Å². The van der Waals surface area contributed by atoms with Crippen molar-refractivity contribution in [1.82, 2.24) is 25.1 Å². The summed E-state index contributed by atoms with van der Waals surface area (Å²) >= 11 is 15.6. The lowest BCUT2D eigenvalue weighted by atomic mass is 10.2. The van der Waals surface area contributed by atoms with Gasteiger partial charge in [0.25, 0.3) is 5.91 Å². The molecule has 2 aromatic carbocycles. The summed E-state index contributed by atoms with van der Waals surface area (Å²) in [5.41, 5.74) is 1.88. The molecule has 6 rings (SSSR count). The monoisotopic (exact) mass is 585 g/mol. The van der Waals surface area contributed by atoms with E-state index in [1.807, 2.05) is 18.2 Å². The Kier molecular flexibility index (Phi) is 6.98. The van der Waals surface area contributed by atoms with E-state index in [2.05, 4.69) is 20.5 Å². The Hall–Kier alpha value is -3.51. The van der Waals surface area contributed by atoms with Crippen LogP contribution in [0.1, 0.15) is 21.1 Å². The van der Waals surface area contributed by atoms with Gasteiger partial charge in [-0.2, -0.15) is 0 Å². The molecule has 9 nitrogen and oxygen atoms in total. The van der Waals surface area contributed by atoms with Crippen molar-refractivity contribution in [2.24, 2.45) is 0 Å². The molecule has 0 atom stereocenters. The molecular formula is C25H17Cl2N5O4S2. The van der Waals surface area contributed by atoms with Gasteiger partial charge in [0.2, 0.25) is 12.6 Å². The first-order valence-corrected chi connectivity index (χ1v) is 13.9. The highest BCUT2D eigenvalue weighted by molar-refractivity contribution is 7.98. The number of benzene rings is 2. The number of hydrogen-bond acceptors (Lipinski definition) is 9. The Morgan fingerprint density at radius 2 is 2.00 bits per heavy atom. The summed E-state index contributed by atoms with van der Waals surface area (Å²) in [7, 11) is 0. The smallest absolute Gasteiger partial charge is 0.271 e. The van der Waals surface area contributed by atoms with Crippen molar-refractivity contribution in [2.45, 2.75) is 17.5 Å². The van der Waals surface area contributed by atoms with Gasteiger partial charge >= 0.3 is 0 Å². The van der Waals surface area contributed by atoms with Crippen molar-refractivity contribution < 1.29 is 18.7 Å². The first kappa shape index (κ1) is 24.8. The lowest BCUT2D eigenvalue weighted by Crippen LogP contribution is -2.23. The van der Waals surface area contributed by atoms with E-state index < -0.39 is 0 Å². The number of nitrogens with zero attached hydrogens (tertiary/aromatic N) is 4. The number of ether oxygens (including phenoxy) is 2. The fourth-order valence-electron chi connectivity index (χ4n) is 3.73. The second-order valence-electron chi connectivity index (χ2n) is 8.00. The molecule has 1 N–H and O–H groups in total. The number of thiazole rings is 1. The van der Waals surface area contributed by atoms with Crippen LogP contribution in [-0.4, -0.2) is 32.4 Å². The van der Waals surface area contributed by atoms with Crippen LogP contribution in [-0.2, 0) is 12.3 Å². The number of amides is 1. The lowest BCUT2D eigenvalue weighted by Gasteiger charge is -2.11. The van der Waals surface area contributed by atoms with Crippen LogP contribution in [0, 0.1) is 0 Å². The molecular weight excluding hydrogens is 569 g/mol. The van der Waals surface area contributed by atoms with Crippen LogP contribution in [0.25, 0.3) is 17.3 Å². The van der Waals surface area contributed by atoms with Crippen molar-refractivity contribution in [3.63, 3.8) is 0 Å². The highest BCUT2D eigenvalue weighted by Gasteiger charge is 2.21. The van der Waals surface area contributed by atoms with Gasteiger partial charge in [-0.3, -0.25) is 9.36 Å². The van der Waals surface area contributed by atoms with Crippen molar-refractivity contribution >= 4 is 52.2 Å². The van der Waals surface area contributed by atoms with Crippen LogP contribution in [0.4, 0.5) is 0 Å². The molecule has 192 valence electrons. The minimum absolute atomic E-state index is 0.206. The largest absolute Gasteiger partial charge is 0.461 e. The van der Waals surface area contributed by atoms with Crippen LogP contribution >= 0.6 is 46.3 Å². The predicted octanol–water partition coefficient (Wildman–Crippen LogP) is 6.24. The van der Waals surface area contributed by atoms with E-state index in [9.17, 15) is 4.79 Å². The minimum Gasteiger partial charge on any atom is -0.461 e. The molecule has 0 fully saturated rings. The third kappa shape index (κ3) is 5.10. The van der Waals surface area contributed by atoms with Gasteiger partial charge in [-0.15, -0.1) is 21.5 Å². The Morgan fingerprint density at radius 1 is 1.11 bits per heavy atom. The Labute approximate surface area is 234 Å². The molecule has 3 aromatic heterocycles. The zero-order valence-corrected chi connectivity index (χ0v) is 22.5. The molecule has 0 aliphatic carbocycles. The maximum Gasteiger partial charge on any atom is 0.271 e. The third-order valence-electron chi connectivity index (χ3n) is 5.52. The van der Waals surface area contributed by atoms with Crippen LogP contribution in [0.2, 0.25) is 10.0 Å². The lowest BCUT2D eigenvalue weighted by molar-refractivity contribution is 0.0946. The third-order valence-corrected chi connectivity index (χ3v) is 8.05. The minimum atomic E-state index is -0.260. The average molecular weight is 586 g/mol. The van der Waals surface area contributed by atoms with E-state index in [1.54, 1.807) is 46.5 Å². The molecule has 0 saturated heterocycles. The summed E-state index contributed by atoms with van der Waals surface area (Å²) in [4.78, 5) is 17.2. The van der Waals surface area contributed by atoms with Crippen LogP contribution in [0.15, 0.2) is 69.7 Å². The van der Waals surface area contributed by atoms with Gasteiger partial charge in [0.15, 0.2) is 22.4 Å². The Morgan fingerprint density at radius 3 is 2.87 bits per heavy atom. The molecule has 0 radical (unpaired) electrons. The van der Waals surface area contributed by atoms with Gasteiger partial charge < -0.3 is 19.2 Å². The molecule has 1 aliphatic heterocycles. The van der Waals surface area contributed by atoms with E-state index in [-0.39, 0.29) is 12.7 Å². The molecule has 38 heavy (non-hydrogen) atoms. The molecule has 0 spiro atoms. The topological polar surface area (TPSA) is 104 Å². The quantitative estimate of drug-likeness (QED) is 0.213. The fourth-order valence-corrected chi connectivity index (χ4v) is 5.84. The average Bonchev–Trinajstić information content (AvgIpc) is 3.73. The van der Waals surface area contributed by atoms with Crippen LogP contribution in [0.3, 0.4) is 0 Å². The second-order valence-corrected chi connectivity index (χ2v) is 10.7. The molecule has 0 saturated carbocycles. The summed E-state index contributed by atoms with van der Waals surface area (Å²) in [5.74, 6) is 2.61. The maximum absolute atomic E-state index is 12.7. The summed E-state index contributed by atoms with van der Waals surface area (Å²) < 4.78 is 18.1. The number of carbonyl (C=O) groups excluding carboxylic acids is 1. The summed E-state index contributed by atoms with van der Waals surface area (Å²) in [6.45, 7) is 0.549. The molecule has 1 aliphatic rings. The molecule has 5 aromatic rings. The van der Waals surface area contributed by atoms with E-state index in [4.69, 9.17) is 37.1 Å². The van der Waals surface area contributed by atoms with E-state index in [0.717, 1.165) is 10.6 Å². The predicted molar refractivity (Wildman–Crippen MR) is 144 cm³/mol. The van der Waals surface area contributed by atoms with Gasteiger partial charge in [0.1, 0.15) is 10.7 Å². The highest BCUT2D eigenvalue weighted by atomic mass is 35.5. The van der Waals surface area contributed by atoms with Crippen molar-refractivity contribution in [3.8, 4) is 28.8 Å². The van der Waals surface area contributed by atoms with Gasteiger partial charge in [-0.1, -0.05) is 41.0 Å². The van der Waals surface area contributed by atoms with Gasteiger partial charge in [0.05, 0.1) is 22.7 Å². The maximum atomic E-state index is 12.7. The number of furan rings is 1. The number of hydrogen-bond donors (Lipinski definition) is 1. The molecule has 0 unspecified atom stereocenters. The molecule has 0 bridgehead atoms. The number of carbonyl (C=O) groups is 1. The van der Waals surface area contributed by atoms with Gasteiger partial charge in [-0.05, 0) is 48.0 Å². The number of halogens is 2. The van der Waals surface area contributed by atoms with Crippen molar-refractivity contribution in [1.29, 1.82) is 0 Å². The standard InChI is InChI=1S/C25H17Cl2N5O4S2/c26-15-4-5-16(27)18(9-15)32-23(20-2-1-7-34-20)30-31-25(32)38-12-22-29-17(11-37-22)24(33)28-10-14-3-6-19-21(8-14)36-13-35-19/h1-9,11H,10,12-13H2,(H,28,33). The van der Waals surface area contributed by atoms with Crippen molar-refractivity contribution in [3.05, 3.63) is 86.5 Å². The number of nitrogens with one attached hydrogen (secondary N) is 1. The Bertz CT molecular complexity index is 1620. The molecule has 4 heterocycles. The summed E-state index contributed by atoms with van der Waals surface area (Å²) in [6, 6.07) is 14.3. The highest BCUT2D eigenvalue weighted by Crippen LogP contribution is 2.35. The molecule has 13 heteroatoms. The van der Waals surface area contributed by atoms with E-state index in [0.29, 0.717) is 62.0 Å². The Balaban J connectivity index is 1.16. The van der Waals surface area contributed by atoms with E-state index in [1.165, 1.54) is 23.1 Å². The van der Waals surface area contributed by atoms with Gasteiger partial charge in [0, 0.05) is 16.9 Å². The summed E-state index contributed by atoms with van der Waals surface area (Å²) in [6.07, 6.45) is 1.56. The van der Waals surface area contributed by atoms with Crippen molar-refractivity contribution in [2.75, 3.05) is 6.79 Å².